The van der Waals surface area contributed by atoms with Crippen LogP contribution < -0.4 is 3.11 Å². The summed E-state index contributed by atoms with van der Waals surface area (Å²) >= 11 is 2.19. The second-order valence-corrected chi connectivity index (χ2v) is 9.54. The van der Waals surface area contributed by atoms with Crippen LogP contribution in [0.25, 0.3) is 21.9 Å². The van der Waals surface area contributed by atoms with E-state index in [9.17, 15) is 13.2 Å². The molecular weight excluding hydrogens is 498 g/mol. The van der Waals surface area contributed by atoms with Gasteiger partial charge in [-0.1, -0.05) is 36.4 Å². The van der Waals surface area contributed by atoms with Gasteiger partial charge in [-0.25, -0.2) is 0 Å². The minimum atomic E-state index is -4.47. The lowest BCUT2D eigenvalue weighted by atomic mass is 10.1. The van der Waals surface area contributed by atoms with Gasteiger partial charge in [0, 0.05) is 21.7 Å². The maximum Gasteiger partial charge on any atom is 0.420 e. The third-order valence-electron chi connectivity index (χ3n) is 4.54. The number of fused-ring (bicyclic) bond motifs is 3. The Morgan fingerprint density at radius 3 is 2.11 bits per heavy atom. The normalized spacial score (nSPS) is 12.2. The minimum Gasteiger partial charge on any atom is -0.453 e. The highest BCUT2D eigenvalue weighted by atomic mass is 127. The molecule has 0 fully saturated rings. The predicted octanol–water partition coefficient (Wildman–Crippen LogP) is 7.33. The Hall–Kier alpha value is -1.87. The lowest BCUT2D eigenvalue weighted by Crippen LogP contribution is -2.07. The van der Waals surface area contributed by atoms with E-state index in [2.05, 4.69) is 41.4 Å². The van der Waals surface area contributed by atoms with Gasteiger partial charge in [0.15, 0.2) is 10.5 Å². The van der Waals surface area contributed by atoms with Gasteiger partial charge in [0.1, 0.15) is 23.8 Å². The van der Waals surface area contributed by atoms with Crippen LogP contribution in [0.2, 0.25) is 0 Å². The van der Waals surface area contributed by atoms with Gasteiger partial charge in [-0.15, -0.1) is 0 Å². The third kappa shape index (κ3) is 3.24. The van der Waals surface area contributed by atoms with Gasteiger partial charge < -0.3 is 4.42 Å². The van der Waals surface area contributed by atoms with E-state index in [1.807, 2.05) is 33.4 Å². The van der Waals surface area contributed by atoms with Crippen LogP contribution in [0.1, 0.15) is 5.56 Å². The van der Waals surface area contributed by atoms with Crippen molar-refractivity contribution in [2.75, 3.05) is 15.6 Å². The molecule has 4 rings (SSSR count). The van der Waals surface area contributed by atoms with Crippen molar-refractivity contribution < 1.29 is 17.6 Å². The molecule has 3 aromatic carbocycles. The number of hydrogen-bond acceptors (Lipinski definition) is 2. The maximum absolute atomic E-state index is 13.4. The first kappa shape index (κ1) is 19.4. The van der Waals surface area contributed by atoms with Crippen molar-refractivity contribution in [2.24, 2.45) is 0 Å². The van der Waals surface area contributed by atoms with E-state index >= 15 is 0 Å². The van der Waals surface area contributed by atoms with Crippen molar-refractivity contribution >= 4 is 67.1 Å². The number of anilines is 2. The minimum absolute atomic E-state index is 0.0254. The Labute approximate surface area is 177 Å². The summed E-state index contributed by atoms with van der Waals surface area (Å²) in [6.07, 6.45) is -0.190. The van der Waals surface area contributed by atoms with Crippen molar-refractivity contribution in [1.29, 1.82) is 0 Å². The van der Waals surface area contributed by atoms with E-state index in [0.29, 0.717) is 16.4 Å². The summed E-state index contributed by atoms with van der Waals surface area (Å²) in [7, 11) is 0.0254. The van der Waals surface area contributed by atoms with Gasteiger partial charge >= 0.3 is 6.18 Å². The SMILES string of the molecule is C[S+](C)c1ccccc1N(I)c1cccc2c1oc1c(C(F)(F)F)cccc12. The third-order valence-corrected chi connectivity index (χ3v) is 6.80. The summed E-state index contributed by atoms with van der Waals surface area (Å²) in [4.78, 5) is 1.18. The van der Waals surface area contributed by atoms with Crippen molar-refractivity contribution in [1.82, 2.24) is 0 Å². The fourth-order valence-electron chi connectivity index (χ4n) is 3.28. The fraction of sp³-hybridized carbons (Fsp3) is 0.143. The summed E-state index contributed by atoms with van der Waals surface area (Å²) in [5, 5.41) is 1.14. The largest absolute Gasteiger partial charge is 0.453 e. The van der Waals surface area contributed by atoms with Crippen LogP contribution in [0.4, 0.5) is 24.5 Å². The fourth-order valence-corrected chi connectivity index (χ4v) is 5.17. The number of furan rings is 1. The molecule has 0 aliphatic heterocycles. The molecule has 0 unspecified atom stereocenters. The van der Waals surface area contributed by atoms with E-state index in [-0.39, 0.29) is 16.5 Å². The van der Waals surface area contributed by atoms with E-state index in [4.69, 9.17) is 4.42 Å². The first-order valence-electron chi connectivity index (χ1n) is 8.43. The van der Waals surface area contributed by atoms with E-state index in [1.165, 1.54) is 11.0 Å². The van der Waals surface area contributed by atoms with Crippen LogP contribution in [-0.2, 0) is 17.1 Å². The van der Waals surface area contributed by atoms with Crippen LogP contribution in [-0.4, -0.2) is 12.5 Å². The summed E-state index contributed by atoms with van der Waals surface area (Å²) in [6.45, 7) is 0. The second kappa shape index (κ2) is 7.18. The Bertz CT molecular complexity index is 1170. The van der Waals surface area contributed by atoms with Crippen LogP contribution in [0, 0.1) is 0 Å². The highest BCUT2D eigenvalue weighted by Crippen LogP contribution is 2.44. The molecule has 0 N–H and O–H groups in total. The molecule has 0 radical (unpaired) electrons. The summed E-state index contributed by atoms with van der Waals surface area (Å²) in [6, 6.07) is 17.7. The van der Waals surface area contributed by atoms with Crippen molar-refractivity contribution in [2.45, 2.75) is 11.1 Å². The quantitative estimate of drug-likeness (QED) is 0.162. The van der Waals surface area contributed by atoms with E-state index in [1.54, 1.807) is 12.1 Å². The predicted molar refractivity (Wildman–Crippen MR) is 119 cm³/mol. The molecule has 144 valence electrons. The van der Waals surface area contributed by atoms with Gasteiger partial charge in [-0.2, -0.15) is 13.2 Å². The first-order chi connectivity index (χ1) is 13.3. The smallest absolute Gasteiger partial charge is 0.420 e. The molecule has 0 bridgehead atoms. The number of halogens is 4. The van der Waals surface area contributed by atoms with Gasteiger partial charge in [0.25, 0.3) is 0 Å². The van der Waals surface area contributed by atoms with Crippen LogP contribution >= 0.6 is 22.9 Å². The lowest BCUT2D eigenvalue weighted by molar-refractivity contribution is -0.136. The van der Waals surface area contributed by atoms with E-state index in [0.717, 1.165) is 17.4 Å². The molecule has 0 spiro atoms. The monoisotopic (exact) mass is 514 g/mol. The Morgan fingerprint density at radius 1 is 0.821 bits per heavy atom. The van der Waals surface area contributed by atoms with Gasteiger partial charge in [0.05, 0.1) is 34.1 Å². The number of benzene rings is 3. The Balaban J connectivity index is 1.97. The van der Waals surface area contributed by atoms with Gasteiger partial charge in [-0.3, -0.25) is 3.11 Å². The highest BCUT2D eigenvalue weighted by Gasteiger charge is 2.35. The van der Waals surface area contributed by atoms with Gasteiger partial charge in [0.2, 0.25) is 0 Å². The zero-order valence-electron chi connectivity index (χ0n) is 15.0. The molecule has 0 aliphatic carbocycles. The summed E-state index contributed by atoms with van der Waals surface area (Å²) < 4.78 is 48.1. The molecule has 4 aromatic rings. The molecule has 28 heavy (non-hydrogen) atoms. The number of hydrogen-bond donors (Lipinski definition) is 0. The summed E-state index contributed by atoms with van der Waals surface area (Å²) in [5.41, 5.74) is 1.30. The molecule has 1 aromatic heterocycles. The average Bonchev–Trinajstić information content (AvgIpc) is 3.05. The molecular formula is C21H16F3INOS+. The lowest BCUT2D eigenvalue weighted by Gasteiger charge is -2.18. The molecule has 1 heterocycles. The molecule has 0 saturated heterocycles. The molecule has 0 saturated carbocycles. The Kier molecular flexibility index (Phi) is 4.99. The van der Waals surface area contributed by atoms with Crippen molar-refractivity contribution in [3.63, 3.8) is 0 Å². The van der Waals surface area contributed by atoms with Crippen molar-refractivity contribution in [3.8, 4) is 0 Å². The zero-order chi connectivity index (χ0) is 20.1. The van der Waals surface area contributed by atoms with Crippen LogP contribution in [0.3, 0.4) is 0 Å². The molecule has 0 atom stereocenters. The maximum atomic E-state index is 13.4. The topological polar surface area (TPSA) is 16.4 Å². The number of rotatable bonds is 3. The molecule has 7 heteroatoms. The molecule has 0 aliphatic rings. The highest BCUT2D eigenvalue weighted by molar-refractivity contribution is 14.1. The zero-order valence-corrected chi connectivity index (χ0v) is 18.0. The van der Waals surface area contributed by atoms with Gasteiger partial charge in [-0.05, 0) is 24.3 Å². The summed E-state index contributed by atoms with van der Waals surface area (Å²) in [5.74, 6) is 0. The average molecular weight is 514 g/mol. The van der Waals surface area contributed by atoms with Crippen molar-refractivity contribution in [3.05, 3.63) is 66.2 Å². The molecule has 2 nitrogen and oxygen atoms in total. The molecule has 0 amide bonds. The van der Waals surface area contributed by atoms with Crippen LogP contribution in [0.5, 0.6) is 0 Å². The number of alkyl halides is 3. The second-order valence-electron chi connectivity index (χ2n) is 6.50. The standard InChI is InChI=1S/C21H16F3INOS/c1-28(2)18-12-4-3-10-16(18)26(25)17-11-6-8-14-13-7-5-9-15(21(22,23)24)19(13)27-20(14)17/h3-12H,1-2H3/q+1. The number of nitrogens with zero attached hydrogens (tertiary/aromatic N) is 1. The van der Waals surface area contributed by atoms with Crippen LogP contribution in [0.15, 0.2) is 70.0 Å². The first-order valence-corrected chi connectivity index (χ1v) is 11.4. The van der Waals surface area contributed by atoms with E-state index < -0.39 is 11.7 Å². The Morgan fingerprint density at radius 2 is 1.43 bits per heavy atom. The number of para-hydroxylation sites is 3.